The average molecular weight is 332 g/mol. The lowest BCUT2D eigenvalue weighted by Gasteiger charge is -2.10. The molecular weight excluding hydrogens is 321 g/mol. The Kier molecular flexibility index (Phi) is 4.81. The molecule has 2 amide bonds. The number of hydrogen-bond acceptors (Lipinski definition) is 4. The van der Waals surface area contributed by atoms with Crippen LogP contribution in [0.1, 0.15) is 5.69 Å². The molecule has 0 aromatic carbocycles. The van der Waals surface area contributed by atoms with E-state index in [0.29, 0.717) is 15.7 Å². The first-order valence-electron chi connectivity index (χ1n) is 6.10. The van der Waals surface area contributed by atoms with Gasteiger partial charge in [0.05, 0.1) is 11.5 Å². The van der Waals surface area contributed by atoms with Gasteiger partial charge < -0.3 is 5.32 Å². The van der Waals surface area contributed by atoms with Crippen LogP contribution in [0.3, 0.4) is 0 Å². The van der Waals surface area contributed by atoms with Crippen molar-refractivity contribution in [1.29, 1.82) is 0 Å². The maximum atomic E-state index is 12.5. The molecule has 0 aliphatic rings. The molecule has 0 saturated carbocycles. The van der Waals surface area contributed by atoms with Crippen molar-refractivity contribution in [2.75, 3.05) is 11.9 Å². The van der Waals surface area contributed by atoms with Crippen molar-refractivity contribution < 1.29 is 18.0 Å². The standard InChI is InChI=1S/C12H11F3N4O2S/c13-12(14,15)8-3-4-10(20)19(18-8)6-5-16-11(21)17-9-2-1-7-22-9/h1-4,7H,5-6H2,(H2,16,17,21). The second kappa shape index (κ2) is 6.60. The number of carbonyl (C=O) groups excluding carboxylic acids is 1. The Morgan fingerprint density at radius 3 is 2.73 bits per heavy atom. The Hall–Kier alpha value is -2.36. The molecule has 118 valence electrons. The number of anilines is 1. The number of nitrogens with one attached hydrogen (secondary N) is 2. The molecule has 2 aromatic rings. The Labute approximate surface area is 126 Å². The van der Waals surface area contributed by atoms with Crippen LogP contribution in [0.4, 0.5) is 23.0 Å². The first kappa shape index (κ1) is 16.0. The molecule has 0 spiro atoms. The first-order valence-corrected chi connectivity index (χ1v) is 6.98. The number of rotatable bonds is 4. The van der Waals surface area contributed by atoms with Gasteiger partial charge in [-0.05, 0) is 23.6 Å². The predicted molar refractivity (Wildman–Crippen MR) is 74.8 cm³/mol. The lowest BCUT2D eigenvalue weighted by atomic mass is 10.4. The molecule has 0 saturated heterocycles. The van der Waals surface area contributed by atoms with Crippen LogP contribution in [-0.2, 0) is 12.7 Å². The van der Waals surface area contributed by atoms with E-state index in [1.54, 1.807) is 17.5 Å². The molecule has 10 heteroatoms. The van der Waals surface area contributed by atoms with Crippen LogP contribution in [0.15, 0.2) is 34.4 Å². The molecule has 0 unspecified atom stereocenters. The monoisotopic (exact) mass is 332 g/mol. The van der Waals surface area contributed by atoms with E-state index >= 15 is 0 Å². The van der Waals surface area contributed by atoms with Crippen LogP contribution in [-0.4, -0.2) is 22.4 Å². The van der Waals surface area contributed by atoms with Gasteiger partial charge in [-0.25, -0.2) is 9.48 Å². The number of alkyl halides is 3. The minimum atomic E-state index is -4.63. The lowest BCUT2D eigenvalue weighted by Crippen LogP contribution is -2.34. The lowest BCUT2D eigenvalue weighted by molar-refractivity contribution is -0.142. The summed E-state index contributed by atoms with van der Waals surface area (Å²) < 4.78 is 38.2. The largest absolute Gasteiger partial charge is 0.435 e. The van der Waals surface area contributed by atoms with Gasteiger partial charge in [-0.3, -0.25) is 10.1 Å². The van der Waals surface area contributed by atoms with Gasteiger partial charge in [0.2, 0.25) is 0 Å². The zero-order valence-corrected chi connectivity index (χ0v) is 11.9. The molecule has 2 heterocycles. The summed E-state index contributed by atoms with van der Waals surface area (Å²) in [5.74, 6) is 0. The predicted octanol–water partition coefficient (Wildman–Crippen LogP) is 2.15. The van der Waals surface area contributed by atoms with Crippen molar-refractivity contribution in [2.45, 2.75) is 12.7 Å². The number of halogens is 3. The quantitative estimate of drug-likeness (QED) is 0.901. The normalized spacial score (nSPS) is 11.2. The van der Waals surface area contributed by atoms with Gasteiger partial charge >= 0.3 is 12.2 Å². The van der Waals surface area contributed by atoms with Crippen molar-refractivity contribution in [3.63, 3.8) is 0 Å². The van der Waals surface area contributed by atoms with Crippen molar-refractivity contribution in [2.24, 2.45) is 0 Å². The van der Waals surface area contributed by atoms with Gasteiger partial charge in [0.15, 0.2) is 5.69 Å². The number of thiophene rings is 1. The summed E-state index contributed by atoms with van der Waals surface area (Å²) in [6.45, 7) is -0.202. The summed E-state index contributed by atoms with van der Waals surface area (Å²) in [7, 11) is 0. The van der Waals surface area contributed by atoms with E-state index < -0.39 is 23.5 Å². The van der Waals surface area contributed by atoms with Crippen LogP contribution in [0, 0.1) is 0 Å². The smallest absolute Gasteiger partial charge is 0.336 e. The van der Waals surface area contributed by atoms with E-state index in [4.69, 9.17) is 0 Å². The average Bonchev–Trinajstić information content (AvgIpc) is 2.92. The Bertz CT molecular complexity index is 697. The number of nitrogens with zero attached hydrogens (tertiary/aromatic N) is 2. The van der Waals surface area contributed by atoms with Crippen LogP contribution in [0.25, 0.3) is 0 Å². The van der Waals surface area contributed by atoms with Crippen molar-refractivity contribution in [3.05, 3.63) is 45.7 Å². The molecule has 0 aliphatic heterocycles. The summed E-state index contributed by atoms with van der Waals surface area (Å²) in [6, 6.07) is 4.36. The molecule has 2 rings (SSSR count). The van der Waals surface area contributed by atoms with Crippen LogP contribution >= 0.6 is 11.3 Å². The van der Waals surface area contributed by atoms with Crippen molar-refractivity contribution >= 4 is 22.4 Å². The third-order valence-electron chi connectivity index (χ3n) is 2.52. The van der Waals surface area contributed by atoms with Crippen molar-refractivity contribution in [3.8, 4) is 0 Å². The SMILES string of the molecule is O=C(NCCn1nc(C(F)(F)F)ccc1=O)Nc1cccs1. The zero-order valence-electron chi connectivity index (χ0n) is 11.1. The molecule has 6 nitrogen and oxygen atoms in total. The second-order valence-corrected chi connectivity index (χ2v) is 5.08. The number of amides is 2. The summed E-state index contributed by atoms with van der Waals surface area (Å²) in [5.41, 5.74) is -1.83. The highest BCUT2D eigenvalue weighted by Gasteiger charge is 2.33. The molecule has 0 aliphatic carbocycles. The third kappa shape index (κ3) is 4.32. The second-order valence-electron chi connectivity index (χ2n) is 4.14. The van der Waals surface area contributed by atoms with E-state index in [-0.39, 0.29) is 13.1 Å². The first-order chi connectivity index (χ1) is 10.4. The summed E-state index contributed by atoms with van der Waals surface area (Å²) in [5, 5.41) is 10.6. The molecule has 0 fully saturated rings. The van der Waals surface area contributed by atoms with E-state index in [0.717, 1.165) is 6.07 Å². The topological polar surface area (TPSA) is 76.0 Å². The van der Waals surface area contributed by atoms with Gasteiger partial charge in [0.25, 0.3) is 5.56 Å². The van der Waals surface area contributed by atoms with E-state index in [9.17, 15) is 22.8 Å². The molecule has 2 N–H and O–H groups in total. The number of hydrogen-bond donors (Lipinski definition) is 2. The van der Waals surface area contributed by atoms with Gasteiger partial charge in [-0.2, -0.15) is 18.3 Å². The number of aromatic nitrogens is 2. The summed E-state index contributed by atoms with van der Waals surface area (Å²) >= 11 is 1.32. The summed E-state index contributed by atoms with van der Waals surface area (Å²) in [6.07, 6.45) is -4.63. The van der Waals surface area contributed by atoms with Gasteiger partial charge in [-0.15, -0.1) is 11.3 Å². The third-order valence-corrected chi connectivity index (χ3v) is 3.31. The van der Waals surface area contributed by atoms with Crippen LogP contribution < -0.4 is 16.2 Å². The number of carbonyl (C=O) groups is 1. The Morgan fingerprint density at radius 1 is 1.32 bits per heavy atom. The van der Waals surface area contributed by atoms with Gasteiger partial charge in [0, 0.05) is 12.6 Å². The van der Waals surface area contributed by atoms with Crippen LogP contribution in [0.5, 0.6) is 0 Å². The molecule has 0 bridgehead atoms. The van der Waals surface area contributed by atoms with Gasteiger partial charge in [-0.1, -0.05) is 0 Å². The number of urea groups is 1. The highest BCUT2D eigenvalue weighted by atomic mass is 32.1. The fraction of sp³-hybridized carbons (Fsp3) is 0.250. The molecular formula is C12H11F3N4O2S. The van der Waals surface area contributed by atoms with Gasteiger partial charge in [0.1, 0.15) is 0 Å². The summed E-state index contributed by atoms with van der Waals surface area (Å²) in [4.78, 5) is 22.9. The minimum Gasteiger partial charge on any atom is -0.336 e. The molecule has 0 radical (unpaired) electrons. The highest BCUT2D eigenvalue weighted by Crippen LogP contribution is 2.26. The zero-order chi connectivity index (χ0) is 16.2. The molecule has 0 atom stereocenters. The maximum Gasteiger partial charge on any atom is 0.435 e. The minimum absolute atomic E-state index is 0.0363. The maximum absolute atomic E-state index is 12.5. The Morgan fingerprint density at radius 2 is 2.09 bits per heavy atom. The fourth-order valence-corrected chi connectivity index (χ4v) is 2.15. The van der Waals surface area contributed by atoms with E-state index in [2.05, 4.69) is 15.7 Å². The van der Waals surface area contributed by atoms with E-state index in [1.165, 1.54) is 11.3 Å². The Balaban J connectivity index is 1.91. The van der Waals surface area contributed by atoms with E-state index in [1.807, 2.05) is 0 Å². The van der Waals surface area contributed by atoms with Crippen LogP contribution in [0.2, 0.25) is 0 Å². The highest BCUT2D eigenvalue weighted by molar-refractivity contribution is 7.14. The fourth-order valence-electron chi connectivity index (χ4n) is 1.54. The molecule has 2 aromatic heterocycles. The van der Waals surface area contributed by atoms with Crippen molar-refractivity contribution in [1.82, 2.24) is 15.1 Å². The molecule has 22 heavy (non-hydrogen) atoms.